The largest absolute Gasteiger partial charge is 0.402 e. The zero-order valence-electron chi connectivity index (χ0n) is 7.10. The molecule has 8 nitrogen and oxygen atoms in total. The van der Waals surface area contributed by atoms with Crippen LogP contribution in [0.3, 0.4) is 0 Å². The summed E-state index contributed by atoms with van der Waals surface area (Å²) in [6.07, 6.45) is -6.64. The minimum Gasteiger partial charge on any atom is -0.385 e. The fraction of sp³-hybridized carbons (Fsp3) is 1.00. The summed E-state index contributed by atoms with van der Waals surface area (Å²) in [6, 6.07) is 0. The first-order chi connectivity index (χ1) is 6.37. The number of aliphatic hydroxyl groups is 3. The van der Waals surface area contributed by atoms with Crippen LogP contribution in [0, 0.1) is 0 Å². The van der Waals surface area contributed by atoms with E-state index in [1.54, 1.807) is 0 Å². The zero-order valence-corrected chi connectivity index (χ0v) is 7.92. The highest BCUT2D eigenvalue weighted by molar-refractivity contribution is 7.81. The molecule has 3 N–H and O–H groups in total. The Labute approximate surface area is 80.0 Å². The lowest BCUT2D eigenvalue weighted by Gasteiger charge is -2.12. The van der Waals surface area contributed by atoms with Crippen molar-refractivity contribution in [3.8, 4) is 0 Å². The lowest BCUT2D eigenvalue weighted by molar-refractivity contribution is -0.172. The van der Waals surface area contributed by atoms with E-state index in [-0.39, 0.29) is 0 Å². The van der Waals surface area contributed by atoms with Crippen molar-refractivity contribution in [2.75, 3.05) is 7.11 Å². The van der Waals surface area contributed by atoms with Crippen molar-refractivity contribution in [1.29, 1.82) is 0 Å². The average Bonchev–Trinajstić information content (AvgIpc) is 2.33. The molecule has 0 bridgehead atoms. The molecule has 0 spiro atoms. The monoisotopic (exact) mass is 230 g/mol. The molecule has 84 valence electrons. The van der Waals surface area contributed by atoms with Gasteiger partial charge in [-0.2, -0.15) is 8.42 Å². The van der Waals surface area contributed by atoms with Gasteiger partial charge in [0, 0.05) is 0 Å². The van der Waals surface area contributed by atoms with Crippen LogP contribution in [0.1, 0.15) is 0 Å². The van der Waals surface area contributed by atoms with Gasteiger partial charge in [-0.05, 0) is 0 Å². The highest BCUT2D eigenvalue weighted by Crippen LogP contribution is 2.21. The molecule has 1 rings (SSSR count). The number of aliphatic hydroxyl groups excluding tert-OH is 3. The van der Waals surface area contributed by atoms with E-state index < -0.39 is 35.2 Å². The normalized spacial score (nSPS) is 38.9. The van der Waals surface area contributed by atoms with Crippen molar-refractivity contribution in [2.24, 2.45) is 0 Å². The fourth-order valence-electron chi connectivity index (χ4n) is 0.863. The Kier molecular flexibility index (Phi) is 3.42. The molecule has 1 unspecified atom stereocenters. The number of hydrogen-bond donors (Lipinski definition) is 3. The zero-order chi connectivity index (χ0) is 10.9. The predicted molar refractivity (Wildman–Crippen MR) is 39.9 cm³/mol. The molecule has 1 fully saturated rings. The fourth-order valence-corrected chi connectivity index (χ4v) is 1.33. The van der Waals surface area contributed by atoms with Crippen LogP contribution in [0.4, 0.5) is 0 Å². The summed E-state index contributed by atoms with van der Waals surface area (Å²) in [5.74, 6) is 0. The summed E-state index contributed by atoms with van der Waals surface area (Å²) >= 11 is 0. The van der Waals surface area contributed by atoms with Gasteiger partial charge in [-0.25, -0.2) is 4.18 Å². The molecule has 1 saturated heterocycles. The lowest BCUT2D eigenvalue weighted by Crippen LogP contribution is -2.34. The van der Waals surface area contributed by atoms with Crippen LogP contribution in [-0.2, 0) is 23.5 Å². The molecular weight excluding hydrogens is 220 g/mol. The van der Waals surface area contributed by atoms with Crippen LogP contribution < -0.4 is 0 Å². The van der Waals surface area contributed by atoms with Gasteiger partial charge in [0.2, 0.25) is 6.29 Å². The topological polar surface area (TPSA) is 123 Å². The van der Waals surface area contributed by atoms with Gasteiger partial charge in [0.1, 0.15) is 12.2 Å². The minimum absolute atomic E-state index is 0.851. The summed E-state index contributed by atoms with van der Waals surface area (Å²) in [5.41, 5.74) is 0. The molecule has 1 heterocycles. The number of rotatable bonds is 3. The van der Waals surface area contributed by atoms with E-state index in [0.717, 1.165) is 7.11 Å². The molecule has 4 atom stereocenters. The molecule has 0 aromatic rings. The molecule has 0 aromatic carbocycles. The maximum atomic E-state index is 10.7. The van der Waals surface area contributed by atoms with Gasteiger partial charge >= 0.3 is 10.4 Å². The number of hydrogen-bond acceptors (Lipinski definition) is 8. The molecule has 14 heavy (non-hydrogen) atoms. The SMILES string of the molecule is COS(=O)(=O)O[C@H]1OC(O)[C@@H](O)[C@@H]1O. The highest BCUT2D eigenvalue weighted by atomic mass is 32.3. The van der Waals surface area contributed by atoms with Gasteiger partial charge in [-0.3, -0.25) is 4.18 Å². The second-order valence-corrected chi connectivity index (χ2v) is 3.89. The highest BCUT2D eigenvalue weighted by Gasteiger charge is 2.44. The molecule has 0 amide bonds. The molecule has 0 radical (unpaired) electrons. The van der Waals surface area contributed by atoms with Gasteiger partial charge in [0.05, 0.1) is 7.11 Å². The van der Waals surface area contributed by atoms with Crippen molar-refractivity contribution < 1.29 is 36.8 Å². The molecule has 1 aliphatic rings. The van der Waals surface area contributed by atoms with E-state index in [1.807, 2.05) is 0 Å². The van der Waals surface area contributed by atoms with Crippen LogP contribution in [0.15, 0.2) is 0 Å². The van der Waals surface area contributed by atoms with E-state index in [9.17, 15) is 8.42 Å². The Morgan fingerprint density at radius 1 is 1.21 bits per heavy atom. The van der Waals surface area contributed by atoms with Crippen LogP contribution in [0.25, 0.3) is 0 Å². The van der Waals surface area contributed by atoms with E-state index in [4.69, 9.17) is 15.3 Å². The summed E-state index contributed by atoms with van der Waals surface area (Å²) in [4.78, 5) is 0. The van der Waals surface area contributed by atoms with Crippen molar-refractivity contribution in [1.82, 2.24) is 0 Å². The molecule has 0 saturated carbocycles. The van der Waals surface area contributed by atoms with Crippen LogP contribution in [0.2, 0.25) is 0 Å². The maximum absolute atomic E-state index is 10.7. The Balaban J connectivity index is 2.64. The average molecular weight is 230 g/mol. The summed E-state index contributed by atoms with van der Waals surface area (Å²) < 4.78 is 33.9. The Morgan fingerprint density at radius 3 is 2.14 bits per heavy atom. The first-order valence-electron chi connectivity index (χ1n) is 3.56. The van der Waals surface area contributed by atoms with Gasteiger partial charge in [0.15, 0.2) is 6.29 Å². The van der Waals surface area contributed by atoms with Crippen LogP contribution in [0.5, 0.6) is 0 Å². The van der Waals surface area contributed by atoms with Gasteiger partial charge < -0.3 is 20.1 Å². The van der Waals surface area contributed by atoms with Gasteiger partial charge in [0.25, 0.3) is 0 Å². The van der Waals surface area contributed by atoms with E-state index in [2.05, 4.69) is 13.1 Å². The van der Waals surface area contributed by atoms with Crippen LogP contribution >= 0.6 is 0 Å². The second-order valence-electron chi connectivity index (χ2n) is 2.55. The Morgan fingerprint density at radius 2 is 1.79 bits per heavy atom. The summed E-state index contributed by atoms with van der Waals surface area (Å²) in [6.45, 7) is 0. The first-order valence-corrected chi connectivity index (χ1v) is 4.89. The molecule has 0 aromatic heterocycles. The van der Waals surface area contributed by atoms with E-state index >= 15 is 0 Å². The summed E-state index contributed by atoms with van der Waals surface area (Å²) in [5, 5.41) is 26.9. The Bertz CT molecular complexity index is 286. The molecule has 1 aliphatic heterocycles. The van der Waals surface area contributed by atoms with E-state index in [0.29, 0.717) is 0 Å². The van der Waals surface area contributed by atoms with Crippen LogP contribution in [-0.4, -0.2) is 55.6 Å². The third-order valence-corrected chi connectivity index (χ3v) is 2.44. The first kappa shape index (κ1) is 11.8. The molecule has 9 heteroatoms. The molecular formula is C5H10O8S. The predicted octanol–water partition coefficient (Wildman–Crippen LogP) is -2.71. The van der Waals surface area contributed by atoms with Gasteiger partial charge in [-0.1, -0.05) is 0 Å². The third-order valence-electron chi connectivity index (χ3n) is 1.61. The minimum atomic E-state index is -4.29. The van der Waals surface area contributed by atoms with Crippen molar-refractivity contribution in [3.63, 3.8) is 0 Å². The number of ether oxygens (including phenoxy) is 1. The quantitative estimate of drug-likeness (QED) is 0.478. The van der Waals surface area contributed by atoms with Crippen molar-refractivity contribution >= 4 is 10.4 Å². The van der Waals surface area contributed by atoms with E-state index in [1.165, 1.54) is 0 Å². The maximum Gasteiger partial charge on any atom is 0.402 e. The van der Waals surface area contributed by atoms with Crippen molar-refractivity contribution in [3.05, 3.63) is 0 Å². The second kappa shape index (κ2) is 4.06. The smallest absolute Gasteiger partial charge is 0.385 e. The van der Waals surface area contributed by atoms with Crippen molar-refractivity contribution in [2.45, 2.75) is 24.8 Å². The third kappa shape index (κ3) is 2.39. The standard InChI is InChI=1S/C5H10O8S/c1-11-14(9,10)13-5-3(7)2(6)4(8)12-5/h2-8H,1H3/t2-,3-,4?,5+/m0/s1. The summed E-state index contributed by atoms with van der Waals surface area (Å²) in [7, 11) is -3.44. The van der Waals surface area contributed by atoms with Gasteiger partial charge in [-0.15, -0.1) is 0 Å². The Hall–Kier alpha value is -0.290. The molecule has 0 aliphatic carbocycles. The lowest BCUT2D eigenvalue weighted by atomic mass is 10.2.